The first-order chi connectivity index (χ1) is 4.68. The summed E-state index contributed by atoms with van der Waals surface area (Å²) in [7, 11) is -0.795. The third-order valence-corrected chi connectivity index (χ3v) is 2.56. The second-order valence-corrected chi connectivity index (χ2v) is 4.22. The fraction of sp³-hybridized carbons (Fsp3) is 0.600. The van der Waals surface area contributed by atoms with Gasteiger partial charge in [-0.05, 0) is 18.5 Å². The van der Waals surface area contributed by atoms with E-state index in [0.29, 0.717) is 5.75 Å². The minimum absolute atomic E-state index is 0.533. The molecule has 1 rings (SSSR count). The van der Waals surface area contributed by atoms with Crippen LogP contribution in [0.5, 0.6) is 0 Å². The Labute approximate surface area is 66.1 Å². The van der Waals surface area contributed by atoms with Crippen molar-refractivity contribution in [1.82, 2.24) is 9.36 Å². The van der Waals surface area contributed by atoms with E-state index >= 15 is 0 Å². The Hall–Kier alpha value is -0.290. The van der Waals surface area contributed by atoms with E-state index in [9.17, 15) is 4.21 Å². The van der Waals surface area contributed by atoms with Gasteiger partial charge in [0.15, 0.2) is 0 Å². The van der Waals surface area contributed by atoms with Crippen LogP contribution < -0.4 is 0 Å². The van der Waals surface area contributed by atoms with E-state index in [4.69, 9.17) is 0 Å². The normalized spacial score (nSPS) is 13.4. The Bertz CT molecular complexity index is 246. The first-order valence-electron chi connectivity index (χ1n) is 2.77. The van der Waals surface area contributed by atoms with Crippen LogP contribution in [0, 0.1) is 6.92 Å². The third-order valence-electron chi connectivity index (χ3n) is 0.896. The topological polar surface area (TPSA) is 42.9 Å². The summed E-state index contributed by atoms with van der Waals surface area (Å²) in [6.07, 6.45) is 1.66. The van der Waals surface area contributed by atoms with Gasteiger partial charge in [0.05, 0.1) is 5.75 Å². The maximum Gasteiger partial charge on any atom is 0.139 e. The quantitative estimate of drug-likeness (QED) is 0.667. The Morgan fingerprint density at radius 1 is 1.70 bits per heavy atom. The second kappa shape index (κ2) is 3.21. The van der Waals surface area contributed by atoms with Gasteiger partial charge < -0.3 is 0 Å². The maximum absolute atomic E-state index is 10.7. The van der Waals surface area contributed by atoms with Crippen LogP contribution in [0.25, 0.3) is 0 Å². The monoisotopic (exact) mass is 176 g/mol. The molecule has 0 N–H and O–H groups in total. The smallest absolute Gasteiger partial charge is 0.139 e. The van der Waals surface area contributed by atoms with Crippen molar-refractivity contribution in [3.8, 4) is 0 Å². The first kappa shape index (κ1) is 7.81. The molecule has 0 aromatic carbocycles. The maximum atomic E-state index is 10.7. The van der Waals surface area contributed by atoms with Crippen LogP contribution in [-0.2, 0) is 16.6 Å². The molecule has 0 fully saturated rings. The molecule has 5 heteroatoms. The molecule has 1 unspecified atom stereocenters. The van der Waals surface area contributed by atoms with E-state index < -0.39 is 10.8 Å². The molecule has 0 aliphatic rings. The zero-order valence-corrected chi connectivity index (χ0v) is 7.46. The van der Waals surface area contributed by atoms with E-state index in [-0.39, 0.29) is 0 Å². The minimum atomic E-state index is -0.795. The van der Waals surface area contributed by atoms with Crippen molar-refractivity contribution in [1.29, 1.82) is 0 Å². The number of aromatic nitrogens is 2. The van der Waals surface area contributed by atoms with Crippen LogP contribution in [0.15, 0.2) is 0 Å². The van der Waals surface area contributed by atoms with Gasteiger partial charge in [0.2, 0.25) is 0 Å². The summed E-state index contributed by atoms with van der Waals surface area (Å²) in [6, 6.07) is 0. The molecule has 3 nitrogen and oxygen atoms in total. The van der Waals surface area contributed by atoms with Gasteiger partial charge in [-0.1, -0.05) is 0 Å². The van der Waals surface area contributed by atoms with Gasteiger partial charge in [-0.2, -0.15) is 4.37 Å². The standard InChI is InChI=1S/C5H8N2OS2/c1-4-6-5(9-7-4)3-10(2)8/h3H2,1-2H3. The van der Waals surface area contributed by atoms with Gasteiger partial charge in [0.1, 0.15) is 10.8 Å². The second-order valence-electron chi connectivity index (χ2n) is 1.95. The Morgan fingerprint density at radius 3 is 2.80 bits per heavy atom. The fourth-order valence-electron chi connectivity index (χ4n) is 0.573. The zero-order chi connectivity index (χ0) is 7.56. The van der Waals surface area contributed by atoms with Crippen molar-refractivity contribution in [2.75, 3.05) is 6.26 Å². The summed E-state index contributed by atoms with van der Waals surface area (Å²) in [6.45, 7) is 1.83. The van der Waals surface area contributed by atoms with Crippen LogP contribution in [0.3, 0.4) is 0 Å². The molecule has 1 aromatic rings. The molecule has 0 spiro atoms. The van der Waals surface area contributed by atoms with E-state index in [2.05, 4.69) is 9.36 Å². The molecular weight excluding hydrogens is 168 g/mol. The third kappa shape index (κ3) is 2.15. The lowest BCUT2D eigenvalue weighted by molar-refractivity contribution is 0.686. The Balaban J connectivity index is 2.67. The highest BCUT2D eigenvalue weighted by Crippen LogP contribution is 2.05. The summed E-state index contributed by atoms with van der Waals surface area (Å²) in [5.74, 6) is 1.30. The highest BCUT2D eigenvalue weighted by atomic mass is 32.2. The molecule has 0 bridgehead atoms. The molecule has 56 valence electrons. The molecule has 0 aliphatic heterocycles. The molecule has 1 heterocycles. The van der Waals surface area contributed by atoms with Crippen molar-refractivity contribution < 1.29 is 4.21 Å². The summed E-state index contributed by atoms with van der Waals surface area (Å²) < 4.78 is 14.6. The minimum Gasteiger partial charge on any atom is -0.259 e. The molecule has 0 saturated heterocycles. The van der Waals surface area contributed by atoms with Crippen molar-refractivity contribution >= 4 is 22.3 Å². The average molecular weight is 176 g/mol. The highest BCUT2D eigenvalue weighted by Gasteiger charge is 2.00. The largest absolute Gasteiger partial charge is 0.259 e. The molecule has 0 aliphatic carbocycles. The summed E-state index contributed by atoms with van der Waals surface area (Å²) in [4.78, 5) is 4.07. The van der Waals surface area contributed by atoms with Gasteiger partial charge in [-0.25, -0.2) is 4.98 Å². The van der Waals surface area contributed by atoms with E-state index in [1.54, 1.807) is 6.26 Å². The fourth-order valence-corrected chi connectivity index (χ4v) is 2.14. The summed E-state index contributed by atoms with van der Waals surface area (Å²) in [5, 5.41) is 0.860. The number of hydrogen-bond donors (Lipinski definition) is 0. The van der Waals surface area contributed by atoms with Crippen molar-refractivity contribution in [3.05, 3.63) is 10.8 Å². The van der Waals surface area contributed by atoms with Crippen molar-refractivity contribution in [3.63, 3.8) is 0 Å². The van der Waals surface area contributed by atoms with Crippen LogP contribution in [0.4, 0.5) is 0 Å². The SMILES string of the molecule is Cc1nsc(CS(C)=O)n1. The molecule has 1 aromatic heterocycles. The van der Waals surface area contributed by atoms with Gasteiger partial charge >= 0.3 is 0 Å². The number of hydrogen-bond acceptors (Lipinski definition) is 4. The molecule has 1 atom stereocenters. The lowest BCUT2D eigenvalue weighted by Gasteiger charge is -1.85. The Kier molecular flexibility index (Phi) is 2.50. The van der Waals surface area contributed by atoms with Gasteiger partial charge in [-0.15, -0.1) is 0 Å². The Morgan fingerprint density at radius 2 is 2.40 bits per heavy atom. The van der Waals surface area contributed by atoms with Crippen LogP contribution in [-0.4, -0.2) is 19.8 Å². The molecule has 0 amide bonds. The summed E-state index contributed by atoms with van der Waals surface area (Å²) >= 11 is 1.32. The number of aryl methyl sites for hydroxylation is 1. The first-order valence-corrected chi connectivity index (χ1v) is 5.28. The van der Waals surface area contributed by atoms with Crippen LogP contribution >= 0.6 is 11.5 Å². The molecule has 0 radical (unpaired) electrons. The number of nitrogens with zero attached hydrogens (tertiary/aromatic N) is 2. The predicted molar refractivity (Wildman–Crippen MR) is 42.4 cm³/mol. The van der Waals surface area contributed by atoms with Crippen molar-refractivity contribution in [2.45, 2.75) is 12.7 Å². The van der Waals surface area contributed by atoms with Crippen molar-refractivity contribution in [2.24, 2.45) is 0 Å². The molecular formula is C5H8N2OS2. The lowest BCUT2D eigenvalue weighted by atomic mass is 10.7. The highest BCUT2D eigenvalue weighted by molar-refractivity contribution is 7.83. The van der Waals surface area contributed by atoms with E-state index in [1.165, 1.54) is 11.5 Å². The average Bonchev–Trinajstić information content (AvgIpc) is 2.13. The van der Waals surface area contributed by atoms with Crippen LogP contribution in [0.2, 0.25) is 0 Å². The zero-order valence-electron chi connectivity index (χ0n) is 5.83. The van der Waals surface area contributed by atoms with Gasteiger partial charge in [0.25, 0.3) is 0 Å². The van der Waals surface area contributed by atoms with E-state index in [1.807, 2.05) is 6.92 Å². The van der Waals surface area contributed by atoms with Crippen LogP contribution in [0.1, 0.15) is 10.8 Å². The predicted octanol–water partition coefficient (Wildman–Crippen LogP) is 0.725. The van der Waals surface area contributed by atoms with Gasteiger partial charge in [0, 0.05) is 17.1 Å². The molecule has 10 heavy (non-hydrogen) atoms. The van der Waals surface area contributed by atoms with E-state index in [0.717, 1.165) is 10.8 Å². The van der Waals surface area contributed by atoms with Gasteiger partial charge in [-0.3, -0.25) is 4.21 Å². The number of rotatable bonds is 2. The lowest BCUT2D eigenvalue weighted by Crippen LogP contribution is -1.90. The molecule has 0 saturated carbocycles. The summed E-state index contributed by atoms with van der Waals surface area (Å²) in [5.41, 5.74) is 0.